The minimum Gasteiger partial charge on any atom is -0.201 e. The first-order chi connectivity index (χ1) is 52.7. The van der Waals surface area contributed by atoms with Crippen LogP contribution in [0, 0.1) is 62.2 Å². The van der Waals surface area contributed by atoms with E-state index in [-0.39, 0.29) is 11.1 Å². The molecule has 0 bridgehead atoms. The van der Waals surface area contributed by atoms with Crippen LogP contribution >= 0.6 is 0 Å². The van der Waals surface area contributed by atoms with Crippen LogP contribution in [0.1, 0.15) is 223 Å². The predicted octanol–water partition coefficient (Wildman–Crippen LogP) is 19.8. The zero-order valence-electron chi connectivity index (χ0n) is 82.1. The monoisotopic (exact) mass is 1240 g/mol. The molecule has 0 spiro atoms. The normalized spacial score (nSPS) is 18.7. The molecule has 0 saturated carbocycles. The van der Waals surface area contributed by atoms with Crippen LogP contribution < -0.4 is 22.8 Å². The lowest BCUT2D eigenvalue weighted by molar-refractivity contribution is -0.667. The second-order valence-electron chi connectivity index (χ2n) is 23.8. The van der Waals surface area contributed by atoms with Crippen LogP contribution in [-0.2, 0) is 41.6 Å². The summed E-state index contributed by atoms with van der Waals surface area (Å²) in [5.74, 6) is -8.26. The average Bonchev–Trinajstić information content (AvgIpc) is 0.738. The molecule has 0 saturated heterocycles. The van der Waals surface area contributed by atoms with E-state index in [4.69, 9.17) is 34.3 Å². The Labute approximate surface area is 587 Å². The highest BCUT2D eigenvalue weighted by Crippen LogP contribution is 2.32. The Morgan fingerprint density at radius 1 is 0.352 bits per heavy atom. The summed E-state index contributed by atoms with van der Waals surface area (Å²) in [6.45, 7) is 9.58. The largest absolute Gasteiger partial charge is 0.215 e. The molecule has 4 atom stereocenters. The van der Waals surface area contributed by atoms with Gasteiger partial charge in [-0.1, -0.05) is 167 Å². The summed E-state index contributed by atoms with van der Waals surface area (Å²) in [4.78, 5) is 0. The van der Waals surface area contributed by atoms with Gasteiger partial charge in [-0.2, -0.15) is 9.13 Å². The van der Waals surface area contributed by atoms with Crippen molar-refractivity contribution in [1.82, 2.24) is 0 Å². The third kappa shape index (κ3) is 17.9. The van der Waals surface area contributed by atoms with Gasteiger partial charge in [-0.25, -0.2) is 13.7 Å². The number of hydrogen-bond donors (Lipinski definition) is 0. The van der Waals surface area contributed by atoms with Gasteiger partial charge in [0.2, 0.25) is 28.5 Å². The van der Waals surface area contributed by atoms with Crippen LogP contribution in [0.5, 0.6) is 0 Å². The zero-order chi connectivity index (χ0) is 88.5. The molecule has 0 aliphatic rings. The second kappa shape index (κ2) is 32.7. The Balaban J connectivity index is 0.000000227. The maximum absolute atomic E-state index is 8.51. The van der Waals surface area contributed by atoms with Crippen molar-refractivity contribution >= 4 is 0 Å². The van der Waals surface area contributed by atoms with Crippen LogP contribution in [-0.4, -0.2) is 0 Å². The van der Waals surface area contributed by atoms with Gasteiger partial charge in [0.25, 0.3) is 0 Å². The number of benzene rings is 5. The number of aromatic nitrogens is 5. The number of nitrogens with zero attached hydrogens (tertiary/aromatic N) is 5. The fourth-order valence-electron chi connectivity index (χ4n) is 11.2. The van der Waals surface area contributed by atoms with Gasteiger partial charge in [0.15, 0.2) is 30.0 Å². The highest BCUT2D eigenvalue weighted by atomic mass is 15.0. The SMILES string of the molecule is [2H]C(C)(C)c1cc(-c2ccccc2C)[n+](C)cc1C([2H])(C)C([2H])([2H])[2H].[2H]C([2H])([2H])C([2H])(C)c1cc(C)c(-c2ccccc2C)[n+](C)c1.[2H]C([2H])([2H])C([2H])(C)c1ccc(-c2ccccc2C)[n+](C)c1C.[2H]C([2H])([2H])C([2H])([2H])c1c[n+](C)c(-c2ccccc2C)cc1C([2H])(C)C([2H])([2H])[2H].[2H]C([2H])([2H])c1ccc(-c2ccccc2C)[n+](C)c1C. The molecule has 5 aromatic carbocycles. The highest BCUT2D eigenvalue weighted by molar-refractivity contribution is 5.66. The fourth-order valence-corrected chi connectivity index (χ4v) is 11.2. The van der Waals surface area contributed by atoms with Crippen molar-refractivity contribution in [3.8, 4) is 56.3 Å². The smallest absolute Gasteiger partial charge is 0.201 e. The predicted molar refractivity (Wildman–Crippen MR) is 388 cm³/mol. The Morgan fingerprint density at radius 2 is 0.758 bits per heavy atom. The third-order valence-electron chi connectivity index (χ3n) is 16.7. The van der Waals surface area contributed by atoms with E-state index in [2.05, 4.69) is 51.1 Å². The lowest BCUT2D eigenvalue weighted by atomic mass is 9.90. The first-order valence-corrected chi connectivity index (χ1v) is 30.6. The lowest BCUT2D eigenvalue weighted by Crippen LogP contribution is -2.36. The van der Waals surface area contributed by atoms with E-state index >= 15 is 0 Å². The fraction of sp³-hybridized carbons (Fsp3) is 0.360. The molecule has 5 nitrogen and oxygen atoms in total. The van der Waals surface area contributed by atoms with Gasteiger partial charge in [-0.3, -0.25) is 0 Å². The minimum absolute atomic E-state index is 0.162. The molecule has 5 heterocycles. The minimum atomic E-state index is -3.02. The molecular weight excluding hydrogens is 1100 g/mol. The molecule has 5 aromatic heterocycles. The van der Waals surface area contributed by atoms with Crippen molar-refractivity contribution in [3.63, 3.8) is 0 Å². The van der Waals surface area contributed by atoms with Crippen LogP contribution in [0.2, 0.25) is 0 Å². The summed E-state index contributed by atoms with van der Waals surface area (Å²) >= 11 is 0. The van der Waals surface area contributed by atoms with Crippen LogP contribution in [0.15, 0.2) is 182 Å². The van der Waals surface area contributed by atoms with Gasteiger partial charge < -0.3 is 0 Å². The summed E-state index contributed by atoms with van der Waals surface area (Å²) in [5, 5.41) is 0. The summed E-state index contributed by atoms with van der Waals surface area (Å²) in [5.41, 5.74) is 19.7. The van der Waals surface area contributed by atoms with Crippen molar-refractivity contribution in [2.24, 2.45) is 35.2 Å². The average molecular weight is 1240 g/mol. The number of hydrogen-bond acceptors (Lipinski definition) is 0. The van der Waals surface area contributed by atoms with Crippen molar-refractivity contribution < 1.29 is 57.1 Å². The standard InChI is InChI=1S/C19H26N.C18H24N.2C17H22N.C15H18N/c1-13(2)17-11-19(16-10-8-7-9-15(16)5)20(6)12-18(17)14(3)4;1-6-15-12-19(5)18(11-17(15)13(2)3)16-10-8-7-9-14(16)4;1-12(2)15-10-14(4)17(18(5)11-15)16-9-7-6-8-13(16)3;1-12(2)15-10-11-17(18(5)14(15)4)16-9-7-6-8-13(16)3;1-11-9-10-15(16(4)13(11)3)14-8-6-5-7-12(14)2/h7-14H,1-6H3;7-13H,6H2,1-5H3;2*6-12H,1-5H3;5-10H,1-4H3/q5*+1/i3D3,13D,14D;1D3,2D3,6D2,13D;2*1D3,12D;1D3. The molecule has 0 amide bonds. The molecule has 0 aliphatic heterocycles. The molecule has 0 radical (unpaired) electrons. The Kier molecular flexibility index (Phi) is 15.7. The van der Waals surface area contributed by atoms with E-state index in [1.165, 1.54) is 44.2 Å². The van der Waals surface area contributed by atoms with E-state index in [1.807, 2.05) is 196 Å². The van der Waals surface area contributed by atoms with Crippen molar-refractivity contribution in [2.45, 2.75) is 174 Å². The summed E-state index contributed by atoms with van der Waals surface area (Å²) in [6, 6.07) is 52.0. The number of rotatable bonds is 11. The molecule has 10 rings (SSSR count). The van der Waals surface area contributed by atoms with E-state index in [0.29, 0.717) is 33.5 Å². The number of aryl methyl sites for hydroxylation is 11. The first kappa shape index (κ1) is 43.6. The Morgan fingerprint density at radius 3 is 1.20 bits per heavy atom. The molecule has 0 N–H and O–H groups in total. The molecule has 5 heteroatoms. The topological polar surface area (TPSA) is 19.4 Å². The molecule has 0 fully saturated rings. The van der Waals surface area contributed by atoms with Crippen molar-refractivity contribution in [3.05, 3.63) is 266 Å². The quantitative estimate of drug-likeness (QED) is 0.115. The highest BCUT2D eigenvalue weighted by Gasteiger charge is 2.23. The van der Waals surface area contributed by atoms with Gasteiger partial charge in [0.1, 0.15) is 35.2 Å². The van der Waals surface area contributed by atoms with Gasteiger partial charge in [-0.05, 0) is 172 Å². The zero-order valence-corrected chi connectivity index (χ0v) is 57.1. The van der Waals surface area contributed by atoms with E-state index in [0.717, 1.165) is 91.2 Å². The molecular formula is C86H112N5+5. The van der Waals surface area contributed by atoms with Crippen LogP contribution in [0.25, 0.3) is 56.3 Å². The molecule has 91 heavy (non-hydrogen) atoms. The maximum Gasteiger partial charge on any atom is 0.215 e. The summed E-state index contributed by atoms with van der Waals surface area (Å²) < 4.78 is 205. The van der Waals surface area contributed by atoms with Crippen LogP contribution in [0.4, 0.5) is 0 Å². The maximum atomic E-state index is 8.51. The van der Waals surface area contributed by atoms with E-state index < -0.39 is 77.0 Å². The van der Waals surface area contributed by atoms with Crippen molar-refractivity contribution in [2.75, 3.05) is 0 Å². The van der Waals surface area contributed by atoms with Crippen LogP contribution in [0.3, 0.4) is 0 Å². The molecule has 4 unspecified atom stereocenters. The third-order valence-corrected chi connectivity index (χ3v) is 16.7. The molecule has 476 valence electrons. The van der Waals surface area contributed by atoms with Gasteiger partial charge in [0.05, 0.1) is 0 Å². The first-order valence-electron chi connectivity index (χ1n) is 43.1. The molecule has 10 aromatic rings. The van der Waals surface area contributed by atoms with E-state index in [1.54, 1.807) is 50.0 Å². The Hall–Kier alpha value is -8.15. The van der Waals surface area contributed by atoms with Gasteiger partial charge >= 0.3 is 0 Å². The van der Waals surface area contributed by atoms with Gasteiger partial charge in [-0.15, -0.1) is 0 Å². The molecule has 0 aliphatic carbocycles. The van der Waals surface area contributed by atoms with Gasteiger partial charge in [0, 0.05) is 134 Å². The second-order valence-corrected chi connectivity index (χ2v) is 23.8. The Bertz CT molecular complexity index is 5140. The summed E-state index contributed by atoms with van der Waals surface area (Å²) in [7, 11) is 9.21. The summed E-state index contributed by atoms with van der Waals surface area (Å²) in [6.07, 6.45) is 1.93. The number of pyridine rings is 5. The lowest BCUT2D eigenvalue weighted by Gasteiger charge is -2.16. The van der Waals surface area contributed by atoms with Crippen molar-refractivity contribution in [1.29, 1.82) is 0 Å². The van der Waals surface area contributed by atoms with E-state index in [9.17, 15) is 0 Å².